The van der Waals surface area contributed by atoms with E-state index in [9.17, 15) is 13.2 Å². The molecule has 33 heavy (non-hydrogen) atoms. The molecule has 0 bridgehead atoms. The van der Waals surface area contributed by atoms with E-state index < -0.39 is 15.9 Å². The Morgan fingerprint density at radius 2 is 2.00 bits per heavy atom. The molecule has 0 aliphatic carbocycles. The second-order valence-corrected chi connectivity index (χ2v) is 10.2. The lowest BCUT2D eigenvalue weighted by molar-refractivity contribution is -0.116. The van der Waals surface area contributed by atoms with Gasteiger partial charge in [-0.1, -0.05) is 6.92 Å². The third kappa shape index (κ3) is 4.87. The van der Waals surface area contributed by atoms with Gasteiger partial charge in [0.05, 0.1) is 31.5 Å². The molecule has 0 saturated carbocycles. The van der Waals surface area contributed by atoms with Crippen molar-refractivity contribution in [2.75, 3.05) is 50.1 Å². The van der Waals surface area contributed by atoms with Crippen LogP contribution in [0.2, 0.25) is 0 Å². The van der Waals surface area contributed by atoms with Crippen molar-refractivity contribution in [1.29, 1.82) is 0 Å². The SMILES string of the molecule is CCc1cc(NC(=O)CN(C)S(=O)(=O)c2cc(C)cc3cn[nH]c23)ccc1N1CCOCC1. The standard InChI is InChI=1S/C23H29N5O4S/c1-4-17-13-19(5-6-20(17)28-7-9-32-10-8-28)25-22(29)15-27(3)33(30,31)21-12-16(2)11-18-14-24-26-23(18)21/h5-6,11-14H,4,7-10,15H2,1-3H3,(H,24,26)(H,25,29). The molecule has 2 N–H and O–H groups in total. The van der Waals surface area contributed by atoms with Crippen molar-refractivity contribution >= 4 is 38.2 Å². The van der Waals surface area contributed by atoms with E-state index in [1.807, 2.05) is 31.2 Å². The Kier molecular flexibility index (Phi) is 6.68. The zero-order valence-corrected chi connectivity index (χ0v) is 19.9. The van der Waals surface area contributed by atoms with Crippen LogP contribution in [0.1, 0.15) is 18.1 Å². The number of carbonyl (C=O) groups excluding carboxylic acids is 1. The first-order chi connectivity index (χ1) is 15.8. The first kappa shape index (κ1) is 23.2. The van der Waals surface area contributed by atoms with E-state index in [2.05, 4.69) is 27.3 Å². The molecular weight excluding hydrogens is 442 g/mol. The number of H-pyrrole nitrogens is 1. The van der Waals surface area contributed by atoms with Gasteiger partial charge in [0.2, 0.25) is 15.9 Å². The first-order valence-electron chi connectivity index (χ1n) is 10.9. The van der Waals surface area contributed by atoms with Crippen LogP contribution >= 0.6 is 0 Å². The fourth-order valence-electron chi connectivity index (χ4n) is 4.09. The summed E-state index contributed by atoms with van der Waals surface area (Å²) < 4.78 is 32.9. The predicted octanol–water partition coefficient (Wildman–Crippen LogP) is 2.53. The zero-order valence-electron chi connectivity index (χ0n) is 19.1. The van der Waals surface area contributed by atoms with Crippen LogP contribution in [0.5, 0.6) is 0 Å². The quantitative estimate of drug-likeness (QED) is 0.548. The summed E-state index contributed by atoms with van der Waals surface area (Å²) in [6.45, 7) is 6.67. The van der Waals surface area contributed by atoms with Gasteiger partial charge in [-0.05, 0) is 54.8 Å². The summed E-state index contributed by atoms with van der Waals surface area (Å²) in [5.74, 6) is -0.407. The fraction of sp³-hybridized carbons (Fsp3) is 0.391. The van der Waals surface area contributed by atoms with Gasteiger partial charge in [-0.3, -0.25) is 9.89 Å². The Balaban J connectivity index is 1.48. The lowest BCUT2D eigenvalue weighted by Crippen LogP contribution is -2.37. The number of likely N-dealkylation sites (N-methyl/N-ethyl adjacent to an activating group) is 1. The highest BCUT2D eigenvalue weighted by Gasteiger charge is 2.26. The largest absolute Gasteiger partial charge is 0.378 e. The lowest BCUT2D eigenvalue weighted by atomic mass is 10.1. The van der Waals surface area contributed by atoms with Crippen molar-refractivity contribution in [3.63, 3.8) is 0 Å². The van der Waals surface area contributed by atoms with Crippen LogP contribution in [0.15, 0.2) is 41.4 Å². The molecule has 1 fully saturated rings. The van der Waals surface area contributed by atoms with Gasteiger partial charge in [0.1, 0.15) is 4.90 Å². The van der Waals surface area contributed by atoms with E-state index in [1.165, 1.54) is 7.05 Å². The average molecular weight is 472 g/mol. The lowest BCUT2D eigenvalue weighted by Gasteiger charge is -2.30. The van der Waals surface area contributed by atoms with Crippen molar-refractivity contribution in [3.8, 4) is 0 Å². The van der Waals surface area contributed by atoms with E-state index in [-0.39, 0.29) is 11.4 Å². The molecule has 2 aromatic carbocycles. The van der Waals surface area contributed by atoms with Crippen LogP contribution in [0.3, 0.4) is 0 Å². The number of aromatic nitrogens is 2. The number of aryl methyl sites for hydroxylation is 2. The topological polar surface area (TPSA) is 108 Å². The van der Waals surface area contributed by atoms with Crippen molar-refractivity contribution in [2.24, 2.45) is 0 Å². The van der Waals surface area contributed by atoms with Crippen LogP contribution in [-0.2, 0) is 26.0 Å². The number of aromatic amines is 1. The average Bonchev–Trinajstić information content (AvgIpc) is 3.27. The minimum Gasteiger partial charge on any atom is -0.378 e. The fourth-order valence-corrected chi connectivity index (χ4v) is 5.47. The van der Waals surface area contributed by atoms with Crippen molar-refractivity contribution in [1.82, 2.24) is 14.5 Å². The molecule has 4 rings (SSSR count). The Hall–Kier alpha value is -2.95. The number of ether oxygens (including phenoxy) is 1. The van der Waals surface area contributed by atoms with Gasteiger partial charge >= 0.3 is 0 Å². The van der Waals surface area contributed by atoms with Crippen molar-refractivity contribution in [3.05, 3.63) is 47.7 Å². The number of hydrogen-bond acceptors (Lipinski definition) is 6. The third-order valence-electron chi connectivity index (χ3n) is 5.81. The number of rotatable bonds is 7. The maximum Gasteiger partial charge on any atom is 0.245 e. The summed E-state index contributed by atoms with van der Waals surface area (Å²) in [6, 6.07) is 9.25. The summed E-state index contributed by atoms with van der Waals surface area (Å²) in [4.78, 5) is 15.1. The second kappa shape index (κ2) is 9.50. The molecule has 9 nitrogen and oxygen atoms in total. The highest BCUT2D eigenvalue weighted by atomic mass is 32.2. The molecule has 1 aliphatic rings. The van der Waals surface area contributed by atoms with E-state index in [0.717, 1.165) is 40.6 Å². The molecule has 0 radical (unpaired) electrons. The minimum atomic E-state index is -3.90. The summed E-state index contributed by atoms with van der Waals surface area (Å²) >= 11 is 0. The van der Waals surface area contributed by atoms with Crippen molar-refractivity contribution < 1.29 is 17.9 Å². The van der Waals surface area contributed by atoms with Gasteiger partial charge in [-0.25, -0.2) is 8.42 Å². The third-order valence-corrected chi connectivity index (χ3v) is 7.63. The van der Waals surface area contributed by atoms with Crippen molar-refractivity contribution in [2.45, 2.75) is 25.2 Å². The molecule has 10 heteroatoms. The number of hydrogen-bond donors (Lipinski definition) is 2. The maximum absolute atomic E-state index is 13.2. The molecule has 3 aromatic rings. The van der Waals surface area contributed by atoms with Crippen LogP contribution in [0.25, 0.3) is 10.9 Å². The molecule has 0 spiro atoms. The molecule has 0 unspecified atom stereocenters. The van der Waals surface area contributed by atoms with Gasteiger partial charge in [0.15, 0.2) is 0 Å². The number of anilines is 2. The van der Waals surface area contributed by atoms with E-state index in [1.54, 1.807) is 12.3 Å². The maximum atomic E-state index is 13.2. The Bertz CT molecular complexity index is 1270. The molecule has 1 aliphatic heterocycles. The Morgan fingerprint density at radius 1 is 1.24 bits per heavy atom. The van der Waals surface area contributed by atoms with E-state index in [0.29, 0.717) is 29.8 Å². The molecule has 1 aromatic heterocycles. The molecule has 1 saturated heterocycles. The van der Waals surface area contributed by atoms with E-state index >= 15 is 0 Å². The van der Waals surface area contributed by atoms with Gasteiger partial charge in [0.25, 0.3) is 0 Å². The van der Waals surface area contributed by atoms with Gasteiger partial charge in [0, 0.05) is 36.9 Å². The zero-order chi connectivity index (χ0) is 23.6. The highest BCUT2D eigenvalue weighted by molar-refractivity contribution is 7.89. The number of fused-ring (bicyclic) bond motifs is 1. The number of amides is 1. The van der Waals surface area contributed by atoms with Crippen LogP contribution < -0.4 is 10.2 Å². The molecule has 1 amide bonds. The number of nitrogens with zero attached hydrogens (tertiary/aromatic N) is 3. The monoisotopic (exact) mass is 471 g/mol. The van der Waals surface area contributed by atoms with Gasteiger partial charge in [-0.2, -0.15) is 9.40 Å². The molecular formula is C23H29N5O4S. The number of nitrogens with one attached hydrogen (secondary N) is 2. The summed E-state index contributed by atoms with van der Waals surface area (Å²) in [6.07, 6.45) is 2.40. The minimum absolute atomic E-state index is 0.105. The Labute approximate surface area is 193 Å². The van der Waals surface area contributed by atoms with Gasteiger partial charge in [-0.15, -0.1) is 0 Å². The van der Waals surface area contributed by atoms with E-state index in [4.69, 9.17) is 4.74 Å². The molecule has 2 heterocycles. The second-order valence-electron chi connectivity index (χ2n) is 8.20. The summed E-state index contributed by atoms with van der Waals surface area (Å²) in [5.41, 5.74) is 4.14. The number of carbonyl (C=O) groups is 1. The normalized spacial score (nSPS) is 14.7. The molecule has 0 atom stereocenters. The number of benzene rings is 2. The highest BCUT2D eigenvalue weighted by Crippen LogP contribution is 2.27. The Morgan fingerprint density at radius 3 is 2.73 bits per heavy atom. The summed E-state index contributed by atoms with van der Waals surface area (Å²) in [7, 11) is -2.50. The van der Waals surface area contributed by atoms with Gasteiger partial charge < -0.3 is 15.0 Å². The molecule has 176 valence electrons. The van der Waals surface area contributed by atoms with Crippen LogP contribution in [0.4, 0.5) is 11.4 Å². The smallest absolute Gasteiger partial charge is 0.245 e. The van der Waals surface area contributed by atoms with Crippen LogP contribution in [-0.4, -0.2) is 68.7 Å². The summed E-state index contributed by atoms with van der Waals surface area (Å²) in [5, 5.41) is 10.2. The predicted molar refractivity (Wildman–Crippen MR) is 128 cm³/mol. The number of morpholine rings is 1. The number of sulfonamides is 1. The van der Waals surface area contributed by atoms with Crippen LogP contribution in [0, 0.1) is 6.92 Å². The first-order valence-corrected chi connectivity index (χ1v) is 12.4.